The normalized spacial score (nSPS) is 19.7. The molecule has 0 bridgehead atoms. The topological polar surface area (TPSA) is 46.5 Å². The molecule has 1 aliphatic carbocycles. The Bertz CT molecular complexity index is 743. The quantitative estimate of drug-likeness (QED) is 0.893. The first-order chi connectivity index (χ1) is 12.8. The third kappa shape index (κ3) is 4.10. The molecule has 2 fully saturated rings. The minimum atomic E-state index is 0.188. The summed E-state index contributed by atoms with van der Waals surface area (Å²) in [5, 5.41) is 4.37. The molecule has 4 rings (SSSR count). The van der Waals surface area contributed by atoms with Gasteiger partial charge in [0.1, 0.15) is 0 Å². The first-order valence-electron chi connectivity index (χ1n) is 9.99. The molecule has 2 aromatic rings. The van der Waals surface area contributed by atoms with Crippen LogP contribution in [-0.2, 0) is 16.1 Å². The first-order valence-corrected chi connectivity index (χ1v) is 9.99. The maximum Gasteiger partial charge on any atom is 0.227 e. The van der Waals surface area contributed by atoms with Crippen LogP contribution in [0.25, 0.3) is 10.9 Å². The van der Waals surface area contributed by atoms with Gasteiger partial charge in [-0.3, -0.25) is 9.69 Å². The Labute approximate surface area is 155 Å². The zero-order chi connectivity index (χ0) is 17.8. The summed E-state index contributed by atoms with van der Waals surface area (Å²) in [6, 6.07) is 8.41. The second-order valence-electron chi connectivity index (χ2n) is 7.56. The number of hydrogen-bond acceptors (Lipinski definition) is 3. The molecule has 140 valence electrons. The second kappa shape index (κ2) is 8.23. The van der Waals surface area contributed by atoms with Crippen molar-refractivity contribution in [3.63, 3.8) is 0 Å². The van der Waals surface area contributed by atoms with Gasteiger partial charge in [0.15, 0.2) is 0 Å². The number of morpholine rings is 1. The summed E-state index contributed by atoms with van der Waals surface area (Å²) in [5.41, 5.74) is 2.11. The molecule has 5 nitrogen and oxygen atoms in total. The lowest BCUT2D eigenvalue weighted by Gasteiger charge is -2.26. The van der Waals surface area contributed by atoms with E-state index >= 15 is 0 Å². The highest BCUT2D eigenvalue weighted by Crippen LogP contribution is 2.26. The van der Waals surface area contributed by atoms with E-state index in [9.17, 15) is 4.79 Å². The first kappa shape index (κ1) is 17.6. The molecule has 1 aliphatic heterocycles. The number of carbonyl (C=O) groups is 1. The van der Waals surface area contributed by atoms with Gasteiger partial charge < -0.3 is 14.6 Å². The van der Waals surface area contributed by atoms with E-state index in [1.165, 1.54) is 30.2 Å². The van der Waals surface area contributed by atoms with Crippen LogP contribution in [0.1, 0.15) is 32.1 Å². The summed E-state index contributed by atoms with van der Waals surface area (Å²) in [4.78, 5) is 15.0. The summed E-state index contributed by atoms with van der Waals surface area (Å²) < 4.78 is 7.71. The number of amides is 1. The molecule has 1 N–H and O–H groups in total. The fraction of sp³-hybridized carbons (Fsp3) is 0.571. The smallest absolute Gasteiger partial charge is 0.227 e. The van der Waals surface area contributed by atoms with Crippen molar-refractivity contribution in [3.05, 3.63) is 30.5 Å². The van der Waals surface area contributed by atoms with Gasteiger partial charge >= 0.3 is 0 Å². The van der Waals surface area contributed by atoms with E-state index in [-0.39, 0.29) is 11.8 Å². The van der Waals surface area contributed by atoms with Crippen molar-refractivity contribution in [2.45, 2.75) is 38.6 Å². The van der Waals surface area contributed by atoms with Crippen LogP contribution in [0.2, 0.25) is 0 Å². The number of ether oxygens (including phenoxy) is 1. The third-order valence-electron chi connectivity index (χ3n) is 5.78. The number of anilines is 1. The van der Waals surface area contributed by atoms with E-state index in [1.807, 2.05) is 6.07 Å². The largest absolute Gasteiger partial charge is 0.379 e. The molecular formula is C21H29N3O2. The minimum absolute atomic E-state index is 0.188. The van der Waals surface area contributed by atoms with E-state index in [4.69, 9.17) is 4.74 Å². The van der Waals surface area contributed by atoms with E-state index in [2.05, 4.69) is 39.2 Å². The van der Waals surface area contributed by atoms with Crippen LogP contribution in [0, 0.1) is 5.92 Å². The summed E-state index contributed by atoms with van der Waals surface area (Å²) in [6.07, 6.45) is 7.85. The predicted octanol–water partition coefficient (Wildman–Crippen LogP) is 3.49. The maximum absolute atomic E-state index is 12.5. The van der Waals surface area contributed by atoms with Crippen LogP contribution in [-0.4, -0.2) is 48.2 Å². The minimum Gasteiger partial charge on any atom is -0.379 e. The molecule has 0 radical (unpaired) electrons. The average molecular weight is 355 g/mol. The van der Waals surface area contributed by atoms with E-state index in [0.29, 0.717) is 0 Å². The second-order valence-corrected chi connectivity index (χ2v) is 7.56. The zero-order valence-electron chi connectivity index (χ0n) is 15.5. The van der Waals surface area contributed by atoms with Crippen LogP contribution in [0.15, 0.2) is 30.5 Å². The number of carbonyl (C=O) groups excluding carboxylic acids is 1. The number of benzene rings is 1. The van der Waals surface area contributed by atoms with Crippen molar-refractivity contribution in [1.82, 2.24) is 9.47 Å². The van der Waals surface area contributed by atoms with Crippen molar-refractivity contribution >= 4 is 22.5 Å². The number of nitrogens with one attached hydrogen (secondary N) is 1. The molecule has 2 aliphatic rings. The van der Waals surface area contributed by atoms with Gasteiger partial charge in [0, 0.05) is 44.0 Å². The molecule has 1 aromatic heterocycles. The monoisotopic (exact) mass is 355 g/mol. The molecule has 0 spiro atoms. The predicted molar refractivity (Wildman–Crippen MR) is 104 cm³/mol. The highest BCUT2D eigenvalue weighted by molar-refractivity contribution is 5.95. The van der Waals surface area contributed by atoms with Crippen molar-refractivity contribution in [1.29, 1.82) is 0 Å². The van der Waals surface area contributed by atoms with Gasteiger partial charge in [0.2, 0.25) is 5.91 Å². The molecule has 1 saturated carbocycles. The lowest BCUT2D eigenvalue weighted by molar-refractivity contribution is -0.120. The SMILES string of the molecule is O=C(Nc1ccc2ccn(CCN3CCOCC3)c2c1)C1CCCCC1. The van der Waals surface area contributed by atoms with Crippen LogP contribution in [0.4, 0.5) is 5.69 Å². The van der Waals surface area contributed by atoms with E-state index in [1.54, 1.807) is 0 Å². The van der Waals surface area contributed by atoms with Gasteiger partial charge in [0.05, 0.1) is 18.7 Å². The highest BCUT2D eigenvalue weighted by atomic mass is 16.5. The molecule has 1 saturated heterocycles. The third-order valence-corrected chi connectivity index (χ3v) is 5.78. The Morgan fingerprint density at radius 2 is 1.88 bits per heavy atom. The molecule has 26 heavy (non-hydrogen) atoms. The van der Waals surface area contributed by atoms with Gasteiger partial charge in [-0.1, -0.05) is 25.3 Å². The van der Waals surface area contributed by atoms with Gasteiger partial charge in [-0.15, -0.1) is 0 Å². The van der Waals surface area contributed by atoms with Crippen molar-refractivity contribution < 1.29 is 9.53 Å². The van der Waals surface area contributed by atoms with Crippen LogP contribution in [0.3, 0.4) is 0 Å². The lowest BCUT2D eigenvalue weighted by Crippen LogP contribution is -2.38. The Kier molecular flexibility index (Phi) is 5.56. The number of hydrogen-bond donors (Lipinski definition) is 1. The molecule has 1 aromatic carbocycles. The Morgan fingerprint density at radius 3 is 2.69 bits per heavy atom. The molecule has 1 amide bonds. The molecular weight excluding hydrogens is 326 g/mol. The van der Waals surface area contributed by atoms with E-state index in [0.717, 1.165) is 57.9 Å². The maximum atomic E-state index is 12.5. The standard InChI is InChI=1S/C21H29N3O2/c25-21(18-4-2-1-3-5-18)22-19-7-6-17-8-9-24(20(17)16-19)11-10-23-12-14-26-15-13-23/h6-9,16,18H,1-5,10-15H2,(H,22,25). The Morgan fingerprint density at radius 1 is 1.08 bits per heavy atom. The Balaban J connectivity index is 1.42. The summed E-state index contributed by atoms with van der Waals surface area (Å²) in [5.74, 6) is 0.378. The van der Waals surface area contributed by atoms with Crippen LogP contribution < -0.4 is 5.32 Å². The fourth-order valence-corrected chi connectivity index (χ4v) is 4.14. The Hall–Kier alpha value is -1.85. The average Bonchev–Trinajstić information content (AvgIpc) is 3.10. The van der Waals surface area contributed by atoms with Gasteiger partial charge in [-0.2, -0.15) is 0 Å². The number of fused-ring (bicyclic) bond motifs is 1. The molecule has 0 atom stereocenters. The van der Waals surface area contributed by atoms with Crippen molar-refractivity contribution in [2.75, 3.05) is 38.2 Å². The molecule has 2 heterocycles. The fourth-order valence-electron chi connectivity index (χ4n) is 4.14. The van der Waals surface area contributed by atoms with Crippen molar-refractivity contribution in [3.8, 4) is 0 Å². The van der Waals surface area contributed by atoms with Gasteiger partial charge in [0.25, 0.3) is 0 Å². The highest BCUT2D eigenvalue weighted by Gasteiger charge is 2.21. The van der Waals surface area contributed by atoms with E-state index < -0.39 is 0 Å². The molecule has 5 heteroatoms. The number of aromatic nitrogens is 1. The summed E-state index contributed by atoms with van der Waals surface area (Å²) in [6.45, 7) is 5.70. The zero-order valence-corrected chi connectivity index (χ0v) is 15.5. The summed E-state index contributed by atoms with van der Waals surface area (Å²) >= 11 is 0. The lowest BCUT2D eigenvalue weighted by atomic mass is 9.88. The van der Waals surface area contributed by atoms with Crippen LogP contribution >= 0.6 is 0 Å². The van der Waals surface area contributed by atoms with Crippen molar-refractivity contribution in [2.24, 2.45) is 5.92 Å². The van der Waals surface area contributed by atoms with Crippen LogP contribution in [0.5, 0.6) is 0 Å². The number of nitrogens with zero attached hydrogens (tertiary/aromatic N) is 2. The van der Waals surface area contributed by atoms with Gasteiger partial charge in [-0.05, 0) is 36.4 Å². The summed E-state index contributed by atoms with van der Waals surface area (Å²) in [7, 11) is 0. The molecule has 0 unspecified atom stereocenters. The number of rotatable bonds is 5. The van der Waals surface area contributed by atoms with Gasteiger partial charge in [-0.25, -0.2) is 0 Å².